The maximum absolute atomic E-state index is 14.2. The third-order valence-corrected chi connectivity index (χ3v) is 8.89. The van der Waals surface area contributed by atoms with Crippen molar-refractivity contribution in [2.45, 2.75) is 18.3 Å². The van der Waals surface area contributed by atoms with Gasteiger partial charge in [-0.25, -0.2) is 18.7 Å². The molecule has 0 atom stereocenters. The summed E-state index contributed by atoms with van der Waals surface area (Å²) in [4.78, 5) is 33.7. The number of phenols is 1. The maximum atomic E-state index is 14.2. The summed E-state index contributed by atoms with van der Waals surface area (Å²) in [5.41, 5.74) is -3.82. The molecule has 0 amide bonds. The van der Waals surface area contributed by atoms with Crippen LogP contribution in [0.25, 0.3) is 22.3 Å². The van der Waals surface area contributed by atoms with Crippen molar-refractivity contribution in [1.29, 1.82) is 0 Å². The van der Waals surface area contributed by atoms with Crippen LogP contribution in [-0.4, -0.2) is 38.1 Å². The molecule has 16 heteroatoms. The highest BCUT2D eigenvalue weighted by atomic mass is 32.2. The Bertz CT molecular complexity index is 2490. The van der Waals surface area contributed by atoms with E-state index in [4.69, 9.17) is 0 Å². The number of halogens is 5. The van der Waals surface area contributed by atoms with Crippen LogP contribution in [0.15, 0.2) is 119 Å². The number of hydrogen-bond donors (Lipinski definition) is 1. The van der Waals surface area contributed by atoms with Crippen LogP contribution in [0.4, 0.5) is 22.0 Å². The Morgan fingerprint density at radius 3 is 1.53 bits per heavy atom. The summed E-state index contributed by atoms with van der Waals surface area (Å²) in [7, 11) is -2.89. The second-order valence-electron chi connectivity index (χ2n) is 11.5. The minimum atomic E-state index is -6.02. The van der Waals surface area contributed by atoms with Crippen LogP contribution in [-0.2, 0) is 37.1 Å². The number of hydrogen-bond acceptors (Lipinski definition) is 8. The highest BCUT2D eigenvalue weighted by Crippen LogP contribution is 2.30. The number of aromatic nitrogens is 4. The van der Waals surface area contributed by atoms with E-state index >= 15 is 0 Å². The molecule has 10 nitrogen and oxygen atoms in total. The fraction of sp³-hybridized carbons (Fsp3) is 0.135. The van der Waals surface area contributed by atoms with Crippen molar-refractivity contribution in [3.63, 3.8) is 0 Å². The average molecular weight is 753 g/mol. The molecule has 0 bridgehead atoms. The third kappa shape index (κ3) is 8.84. The van der Waals surface area contributed by atoms with Crippen molar-refractivity contribution in [2.24, 2.45) is 14.1 Å². The molecule has 0 unspecified atom stereocenters. The van der Waals surface area contributed by atoms with E-state index in [1.165, 1.54) is 40.7 Å². The highest BCUT2D eigenvalue weighted by Gasteiger charge is 2.49. The zero-order valence-electron chi connectivity index (χ0n) is 27.9. The van der Waals surface area contributed by atoms with Gasteiger partial charge in [0.05, 0.1) is 11.1 Å². The lowest BCUT2D eigenvalue weighted by Gasteiger charge is -2.12. The Morgan fingerprint density at radius 1 is 0.679 bits per heavy atom. The first-order valence-electron chi connectivity index (χ1n) is 15.5. The smallest absolute Gasteiger partial charge is 0.505 e. The molecule has 0 aliphatic rings. The van der Waals surface area contributed by atoms with E-state index in [0.717, 1.165) is 23.3 Å². The van der Waals surface area contributed by atoms with Crippen LogP contribution in [0.2, 0.25) is 0 Å². The van der Waals surface area contributed by atoms with E-state index in [1.807, 2.05) is 60.7 Å². The van der Waals surface area contributed by atoms with E-state index in [-0.39, 0.29) is 16.7 Å². The molecular weight excluding hydrogens is 723 g/mol. The SMILES string of the molecule is Cn1c(Cc2ccccc2)ncc(-c2ccc(O)c(F)c2)c1=O.Cn1c(Cc2ccccc2)ncc(-c2ccc(OS(=O)(=O)C(F)(F)F)c(F)c2)c1=O. The van der Waals surface area contributed by atoms with Gasteiger partial charge in [-0.3, -0.25) is 18.7 Å². The van der Waals surface area contributed by atoms with Gasteiger partial charge in [-0.1, -0.05) is 72.8 Å². The molecular formula is C37H29F5N4O6S. The first-order chi connectivity index (χ1) is 25.1. The van der Waals surface area contributed by atoms with Gasteiger partial charge in [0.25, 0.3) is 11.1 Å². The molecule has 2 aromatic heterocycles. The molecule has 53 heavy (non-hydrogen) atoms. The fourth-order valence-electron chi connectivity index (χ4n) is 5.01. The van der Waals surface area contributed by atoms with E-state index < -0.39 is 44.3 Å². The van der Waals surface area contributed by atoms with Crippen molar-refractivity contribution < 1.29 is 39.7 Å². The van der Waals surface area contributed by atoms with Gasteiger partial charge in [0.1, 0.15) is 11.6 Å². The van der Waals surface area contributed by atoms with Crippen molar-refractivity contribution >= 4 is 10.1 Å². The molecule has 0 fully saturated rings. The second-order valence-corrected chi connectivity index (χ2v) is 13.1. The molecule has 6 aromatic rings. The molecule has 1 N–H and O–H groups in total. The monoisotopic (exact) mass is 752 g/mol. The van der Waals surface area contributed by atoms with Gasteiger partial charge < -0.3 is 9.29 Å². The highest BCUT2D eigenvalue weighted by molar-refractivity contribution is 7.88. The summed E-state index contributed by atoms with van der Waals surface area (Å²) in [6.07, 6.45) is 3.59. The van der Waals surface area contributed by atoms with Gasteiger partial charge in [0.2, 0.25) is 0 Å². The number of nitrogens with zero attached hydrogens (tertiary/aromatic N) is 4. The van der Waals surface area contributed by atoms with Crippen molar-refractivity contribution in [3.05, 3.63) is 165 Å². The van der Waals surface area contributed by atoms with Gasteiger partial charge in [-0.05, 0) is 46.5 Å². The second kappa shape index (κ2) is 15.6. The fourth-order valence-corrected chi connectivity index (χ4v) is 5.48. The number of benzene rings is 4. The summed E-state index contributed by atoms with van der Waals surface area (Å²) in [5.74, 6) is -2.65. The average Bonchev–Trinajstić information content (AvgIpc) is 3.12. The number of rotatable bonds is 8. The standard InChI is InChI=1S/C19H14F4N2O4S.C18H15FN2O2/c1-25-17(9-12-5-3-2-4-6-12)24-11-14(18(25)26)13-7-8-16(15(20)10-13)29-30(27,28)19(21,22)23;1-21-17(9-12-5-3-2-4-6-12)20-11-14(18(21)23)13-7-8-16(22)15(19)10-13/h2-8,10-11H,9H2,1H3;2-8,10-11,22H,9H2,1H3. The van der Waals surface area contributed by atoms with Crippen LogP contribution >= 0.6 is 0 Å². The molecule has 0 radical (unpaired) electrons. The topological polar surface area (TPSA) is 133 Å². The molecule has 4 aromatic carbocycles. The lowest BCUT2D eigenvalue weighted by atomic mass is 10.1. The summed E-state index contributed by atoms with van der Waals surface area (Å²) >= 11 is 0. The Hall–Kier alpha value is -6.16. The van der Waals surface area contributed by atoms with E-state index in [1.54, 1.807) is 7.05 Å². The molecule has 0 saturated heterocycles. The first kappa shape index (κ1) is 38.1. The molecule has 0 aliphatic heterocycles. The van der Waals surface area contributed by atoms with Crippen molar-refractivity contribution in [1.82, 2.24) is 19.1 Å². The van der Waals surface area contributed by atoms with Crippen LogP contribution in [0, 0.1) is 11.6 Å². The Labute approximate surface area is 299 Å². The lowest BCUT2D eigenvalue weighted by molar-refractivity contribution is -0.0500. The Morgan fingerprint density at radius 2 is 1.11 bits per heavy atom. The van der Waals surface area contributed by atoms with Gasteiger partial charge in [0, 0.05) is 39.3 Å². The predicted molar refractivity (Wildman–Crippen MR) is 186 cm³/mol. The minimum absolute atomic E-state index is 0.00335. The molecule has 0 spiro atoms. The summed E-state index contributed by atoms with van der Waals surface area (Å²) in [6, 6.07) is 25.3. The van der Waals surface area contributed by atoms with Gasteiger partial charge in [-0.15, -0.1) is 0 Å². The van der Waals surface area contributed by atoms with E-state index in [9.17, 15) is 45.1 Å². The first-order valence-corrected chi connectivity index (χ1v) is 16.9. The van der Waals surface area contributed by atoms with E-state index in [2.05, 4.69) is 14.2 Å². The molecule has 2 heterocycles. The predicted octanol–water partition coefficient (Wildman–Crippen LogP) is 6.29. The lowest BCUT2D eigenvalue weighted by Crippen LogP contribution is -2.28. The summed E-state index contributed by atoms with van der Waals surface area (Å²) in [6.45, 7) is 0. The minimum Gasteiger partial charge on any atom is -0.505 e. The Balaban J connectivity index is 0.000000211. The van der Waals surface area contributed by atoms with Crippen LogP contribution in [0.3, 0.4) is 0 Å². The normalized spacial score (nSPS) is 11.5. The summed E-state index contributed by atoms with van der Waals surface area (Å²) in [5, 5.41) is 9.25. The van der Waals surface area contributed by atoms with E-state index in [0.29, 0.717) is 47.8 Å². The quantitative estimate of drug-likeness (QED) is 0.109. The number of phenolic OH excluding ortho intramolecular Hbond substituents is 1. The third-order valence-electron chi connectivity index (χ3n) is 7.92. The van der Waals surface area contributed by atoms with Gasteiger partial charge >= 0.3 is 15.6 Å². The zero-order valence-corrected chi connectivity index (χ0v) is 28.7. The van der Waals surface area contributed by atoms with Crippen molar-refractivity contribution in [2.75, 3.05) is 0 Å². The van der Waals surface area contributed by atoms with Crippen LogP contribution < -0.4 is 15.3 Å². The van der Waals surface area contributed by atoms with Crippen LogP contribution in [0.1, 0.15) is 22.8 Å². The molecule has 274 valence electrons. The summed E-state index contributed by atoms with van der Waals surface area (Å²) < 4.78 is 93.5. The van der Waals surface area contributed by atoms with Gasteiger partial charge in [0.15, 0.2) is 23.1 Å². The van der Waals surface area contributed by atoms with Crippen molar-refractivity contribution in [3.8, 4) is 33.8 Å². The number of alkyl halides is 3. The van der Waals surface area contributed by atoms with Crippen LogP contribution in [0.5, 0.6) is 11.5 Å². The largest absolute Gasteiger partial charge is 0.534 e. The molecule has 0 aliphatic carbocycles. The zero-order chi connectivity index (χ0) is 38.5. The molecule has 6 rings (SSSR count). The Kier molecular flexibility index (Phi) is 11.2. The molecule has 0 saturated carbocycles. The number of aromatic hydroxyl groups is 1. The maximum Gasteiger partial charge on any atom is 0.534 e. The van der Waals surface area contributed by atoms with Gasteiger partial charge in [-0.2, -0.15) is 21.6 Å².